The summed E-state index contributed by atoms with van der Waals surface area (Å²) in [6, 6.07) is 6.72. The Morgan fingerprint density at radius 1 is 1.58 bits per heavy atom. The average Bonchev–Trinajstić information content (AvgIpc) is 2.50. The molecule has 2 heterocycles. The number of hydrogen-bond acceptors (Lipinski definition) is 2. The van der Waals surface area contributed by atoms with E-state index < -0.39 is 0 Å². The van der Waals surface area contributed by atoms with E-state index in [1.54, 1.807) is 6.20 Å². The fourth-order valence-corrected chi connectivity index (χ4v) is 0.932. The molecule has 1 N–H and O–H groups in total. The number of nitriles is 1. The standard InChI is InChI=1S/C8H4N3.K/c9-4-6-3-7-1-2-10-8(7)11-5-6;/h1-2,5H,(H,10,11);/q-1;+1. The number of aromatic amines is 1. The molecule has 0 saturated carbocycles. The Morgan fingerprint density at radius 3 is 3.17 bits per heavy atom. The predicted molar refractivity (Wildman–Crippen MR) is 39.6 cm³/mol. The first-order valence-corrected chi connectivity index (χ1v) is 3.15. The molecular formula is C8H4KN3. The van der Waals surface area contributed by atoms with Crippen molar-refractivity contribution in [1.82, 2.24) is 9.97 Å². The van der Waals surface area contributed by atoms with Gasteiger partial charge in [-0.25, -0.2) is 5.26 Å². The van der Waals surface area contributed by atoms with E-state index in [4.69, 9.17) is 5.26 Å². The second-order valence-electron chi connectivity index (χ2n) is 2.15. The summed E-state index contributed by atoms with van der Waals surface area (Å²) < 4.78 is 0. The monoisotopic (exact) mass is 181 g/mol. The van der Waals surface area contributed by atoms with Gasteiger partial charge in [-0.2, -0.15) is 0 Å². The Morgan fingerprint density at radius 2 is 2.42 bits per heavy atom. The van der Waals surface area contributed by atoms with Gasteiger partial charge in [0.2, 0.25) is 0 Å². The Hall–Kier alpha value is -0.184. The smallest absolute Gasteiger partial charge is 0.385 e. The zero-order valence-electron chi connectivity index (χ0n) is 6.63. The van der Waals surface area contributed by atoms with Crippen LogP contribution in [-0.2, 0) is 0 Å². The van der Waals surface area contributed by atoms with Gasteiger partial charge in [-0.3, -0.25) is 0 Å². The Labute approximate surface area is 112 Å². The molecule has 0 aliphatic carbocycles. The minimum atomic E-state index is 0. The molecule has 0 spiro atoms. The van der Waals surface area contributed by atoms with Crippen molar-refractivity contribution in [3.05, 3.63) is 30.1 Å². The maximum atomic E-state index is 8.50. The van der Waals surface area contributed by atoms with Crippen LogP contribution in [0.5, 0.6) is 0 Å². The summed E-state index contributed by atoms with van der Waals surface area (Å²) in [6.45, 7) is 0. The Balaban J connectivity index is 0.000000720. The van der Waals surface area contributed by atoms with Gasteiger partial charge in [0.25, 0.3) is 0 Å². The summed E-state index contributed by atoms with van der Waals surface area (Å²) in [7, 11) is 0. The minimum Gasteiger partial charge on any atom is -0.385 e. The Bertz CT molecular complexity index is 427. The van der Waals surface area contributed by atoms with Crippen LogP contribution in [0.25, 0.3) is 11.0 Å². The van der Waals surface area contributed by atoms with Crippen LogP contribution < -0.4 is 51.4 Å². The van der Waals surface area contributed by atoms with Crippen molar-refractivity contribution in [2.75, 3.05) is 0 Å². The van der Waals surface area contributed by atoms with Gasteiger partial charge < -0.3 is 9.97 Å². The maximum absolute atomic E-state index is 8.50. The van der Waals surface area contributed by atoms with Crippen LogP contribution in [0.1, 0.15) is 5.56 Å². The Kier molecular flexibility index (Phi) is 3.44. The minimum absolute atomic E-state index is 0. The molecule has 52 valence electrons. The van der Waals surface area contributed by atoms with Gasteiger partial charge in [0, 0.05) is 0 Å². The van der Waals surface area contributed by atoms with Crippen molar-refractivity contribution >= 4 is 11.0 Å². The summed E-state index contributed by atoms with van der Waals surface area (Å²) >= 11 is 0. The predicted octanol–water partition coefficient (Wildman–Crippen LogP) is -1.76. The molecule has 0 amide bonds. The fourth-order valence-electron chi connectivity index (χ4n) is 0.932. The molecule has 0 unspecified atom stereocenters. The molecule has 0 aliphatic rings. The summed E-state index contributed by atoms with van der Waals surface area (Å²) in [6.07, 6.45) is 3.27. The number of fused-ring (bicyclic) bond motifs is 1. The first-order chi connectivity index (χ1) is 5.40. The van der Waals surface area contributed by atoms with E-state index in [1.807, 2.05) is 12.1 Å². The molecule has 4 heteroatoms. The quantitative estimate of drug-likeness (QED) is 0.386. The molecule has 12 heavy (non-hydrogen) atoms. The third kappa shape index (κ3) is 1.76. The summed E-state index contributed by atoms with van der Waals surface area (Å²) in [5.74, 6) is 0. The number of hydrogen-bond donors (Lipinski definition) is 1. The molecule has 3 nitrogen and oxygen atoms in total. The van der Waals surface area contributed by atoms with Crippen LogP contribution >= 0.6 is 0 Å². The first kappa shape index (κ1) is 9.90. The third-order valence-electron chi connectivity index (χ3n) is 1.44. The second kappa shape index (κ2) is 4.17. The van der Waals surface area contributed by atoms with Gasteiger partial charge in [-0.1, -0.05) is 5.39 Å². The first-order valence-electron chi connectivity index (χ1n) is 3.15. The van der Waals surface area contributed by atoms with Gasteiger partial charge in [-0.05, 0) is 24.0 Å². The topological polar surface area (TPSA) is 52.5 Å². The van der Waals surface area contributed by atoms with E-state index >= 15 is 0 Å². The van der Waals surface area contributed by atoms with E-state index in [0.29, 0.717) is 5.56 Å². The van der Waals surface area contributed by atoms with Gasteiger partial charge in [0.15, 0.2) is 0 Å². The number of nitrogens with one attached hydrogen (secondary N) is 1. The van der Waals surface area contributed by atoms with Crippen molar-refractivity contribution in [3.63, 3.8) is 0 Å². The van der Waals surface area contributed by atoms with Gasteiger partial charge >= 0.3 is 51.4 Å². The van der Waals surface area contributed by atoms with Crippen LogP contribution in [0.15, 0.2) is 18.5 Å². The zero-order valence-corrected chi connectivity index (χ0v) is 9.75. The maximum Gasteiger partial charge on any atom is 1.00 e. The number of H-pyrrole nitrogens is 1. The van der Waals surface area contributed by atoms with Crippen LogP contribution in [0.4, 0.5) is 0 Å². The molecule has 0 fully saturated rings. The molecule has 0 aromatic carbocycles. The number of rotatable bonds is 0. The van der Waals surface area contributed by atoms with Crippen molar-refractivity contribution in [1.29, 1.82) is 5.26 Å². The SMILES string of the molecule is N#Cc1[c-]c2cc[nH]c2nc1.[K+]. The number of pyridine rings is 1. The average molecular weight is 181 g/mol. The largest absolute Gasteiger partial charge is 1.00 e. The van der Waals surface area contributed by atoms with Crippen molar-refractivity contribution in [2.45, 2.75) is 0 Å². The van der Waals surface area contributed by atoms with E-state index in [0.717, 1.165) is 11.0 Å². The summed E-state index contributed by atoms with van der Waals surface area (Å²) in [5.41, 5.74) is 1.24. The van der Waals surface area contributed by atoms with Crippen LogP contribution in [0, 0.1) is 17.4 Å². The molecule has 2 rings (SSSR count). The van der Waals surface area contributed by atoms with Crippen molar-refractivity contribution in [2.24, 2.45) is 0 Å². The van der Waals surface area contributed by atoms with Crippen LogP contribution in [0.3, 0.4) is 0 Å². The van der Waals surface area contributed by atoms with Crippen molar-refractivity contribution in [3.8, 4) is 6.07 Å². The summed E-state index contributed by atoms with van der Waals surface area (Å²) in [4.78, 5) is 6.92. The van der Waals surface area contributed by atoms with E-state index in [1.165, 1.54) is 6.20 Å². The second-order valence-corrected chi connectivity index (χ2v) is 2.15. The molecular weight excluding hydrogens is 177 g/mol. The molecule has 0 radical (unpaired) electrons. The van der Waals surface area contributed by atoms with Gasteiger partial charge in [0.05, 0.1) is 5.65 Å². The van der Waals surface area contributed by atoms with E-state index in [2.05, 4.69) is 16.0 Å². The van der Waals surface area contributed by atoms with E-state index in [-0.39, 0.29) is 51.4 Å². The molecule has 0 bridgehead atoms. The zero-order chi connectivity index (χ0) is 7.68. The molecule has 0 saturated heterocycles. The van der Waals surface area contributed by atoms with Crippen molar-refractivity contribution < 1.29 is 51.4 Å². The van der Waals surface area contributed by atoms with Gasteiger partial charge in [-0.15, -0.1) is 12.1 Å². The van der Waals surface area contributed by atoms with Crippen LogP contribution in [-0.4, -0.2) is 9.97 Å². The summed E-state index contributed by atoms with van der Waals surface area (Å²) in [5, 5.41) is 9.35. The van der Waals surface area contributed by atoms with Gasteiger partial charge in [0.1, 0.15) is 0 Å². The number of aromatic nitrogens is 2. The van der Waals surface area contributed by atoms with Crippen LogP contribution in [0.2, 0.25) is 0 Å². The normalized spacial score (nSPS) is 8.92. The van der Waals surface area contributed by atoms with E-state index in [9.17, 15) is 0 Å². The molecule has 0 atom stereocenters. The molecule has 2 aromatic heterocycles. The molecule has 2 aromatic rings. The fraction of sp³-hybridized carbons (Fsp3) is 0. The number of nitrogens with zero attached hydrogens (tertiary/aromatic N) is 2. The molecule has 0 aliphatic heterocycles. The third-order valence-corrected chi connectivity index (χ3v) is 1.44.